The van der Waals surface area contributed by atoms with Crippen molar-refractivity contribution in [2.45, 2.75) is 180 Å². The van der Waals surface area contributed by atoms with Crippen LogP contribution in [0.1, 0.15) is 168 Å². The third-order valence-electron chi connectivity index (χ3n) is 7.31. The van der Waals surface area contributed by atoms with Gasteiger partial charge in [0.2, 0.25) is 5.91 Å². The van der Waals surface area contributed by atoms with Gasteiger partial charge in [0.15, 0.2) is 0 Å². The quantitative estimate of drug-likeness (QED) is 0.0677. The lowest BCUT2D eigenvalue weighted by atomic mass is 10.0. The van der Waals surface area contributed by atoms with Crippen LogP contribution in [-0.2, 0) is 14.9 Å². The van der Waals surface area contributed by atoms with Crippen LogP contribution in [0.2, 0.25) is 0 Å². The molecule has 0 radical (unpaired) electrons. The summed E-state index contributed by atoms with van der Waals surface area (Å²) in [5.74, 6) is -0.892. The number of hydrogen-bond donors (Lipinski definition) is 3. The van der Waals surface area contributed by atoms with Gasteiger partial charge >= 0.3 is 0 Å². The van der Waals surface area contributed by atoms with Gasteiger partial charge in [0, 0.05) is 6.42 Å². The number of aliphatic hydroxyl groups excluding tert-OH is 1. The van der Waals surface area contributed by atoms with E-state index in [1.165, 1.54) is 103 Å². The van der Waals surface area contributed by atoms with Gasteiger partial charge in [-0.05, 0) is 12.8 Å². The van der Waals surface area contributed by atoms with E-state index in [0.717, 1.165) is 38.5 Å². The van der Waals surface area contributed by atoms with Crippen molar-refractivity contribution in [2.24, 2.45) is 0 Å². The van der Waals surface area contributed by atoms with E-state index in [-0.39, 0.29) is 5.91 Å². The highest BCUT2D eigenvalue weighted by molar-refractivity contribution is 7.85. The minimum absolute atomic E-state index is 0.248. The van der Waals surface area contributed by atoms with Crippen LogP contribution in [0.25, 0.3) is 0 Å². The first-order valence-corrected chi connectivity index (χ1v) is 17.3. The van der Waals surface area contributed by atoms with E-state index >= 15 is 0 Å². The fraction of sp³-hybridized carbons (Fsp3) is 0.967. The van der Waals surface area contributed by atoms with Crippen molar-refractivity contribution in [1.82, 2.24) is 5.32 Å². The summed E-state index contributed by atoms with van der Waals surface area (Å²) in [6.07, 6.45) is 26.4. The van der Waals surface area contributed by atoms with E-state index in [0.29, 0.717) is 12.8 Å². The summed E-state index contributed by atoms with van der Waals surface area (Å²) in [4.78, 5) is 12.4. The molecular formula is C30H61NO5S. The highest BCUT2D eigenvalue weighted by atomic mass is 32.2. The zero-order valence-electron chi connectivity index (χ0n) is 24.4. The predicted octanol–water partition coefficient (Wildman–Crippen LogP) is 8.12. The molecule has 0 fully saturated rings. The molecule has 0 aliphatic carbocycles. The average Bonchev–Trinajstić information content (AvgIpc) is 2.84. The van der Waals surface area contributed by atoms with Crippen LogP contribution >= 0.6 is 0 Å². The maximum Gasteiger partial charge on any atom is 0.266 e. The summed E-state index contributed by atoms with van der Waals surface area (Å²) >= 11 is 0. The summed E-state index contributed by atoms with van der Waals surface area (Å²) < 4.78 is 32.1. The molecule has 0 rings (SSSR count). The number of rotatable bonds is 28. The fourth-order valence-corrected chi connectivity index (χ4v) is 5.68. The van der Waals surface area contributed by atoms with Crippen molar-refractivity contribution in [2.75, 3.05) is 5.75 Å². The Kier molecular flexibility index (Phi) is 25.2. The van der Waals surface area contributed by atoms with Crippen molar-refractivity contribution in [3.63, 3.8) is 0 Å². The summed E-state index contributed by atoms with van der Waals surface area (Å²) in [6.45, 7) is 4.44. The maximum absolute atomic E-state index is 12.4. The van der Waals surface area contributed by atoms with Gasteiger partial charge in [0.05, 0.1) is 17.9 Å². The molecule has 2 unspecified atom stereocenters. The van der Waals surface area contributed by atoms with Crippen molar-refractivity contribution in [1.29, 1.82) is 0 Å². The largest absolute Gasteiger partial charge is 0.391 e. The van der Waals surface area contributed by atoms with Gasteiger partial charge in [0.1, 0.15) is 0 Å². The van der Waals surface area contributed by atoms with E-state index in [1.54, 1.807) is 0 Å². The second kappa shape index (κ2) is 25.6. The molecule has 0 spiro atoms. The molecule has 0 aliphatic rings. The van der Waals surface area contributed by atoms with Crippen molar-refractivity contribution < 1.29 is 22.9 Å². The summed E-state index contributed by atoms with van der Waals surface area (Å²) in [5, 5.41) is 13.1. The van der Waals surface area contributed by atoms with Gasteiger partial charge in [-0.1, -0.05) is 149 Å². The molecule has 0 saturated carbocycles. The topological polar surface area (TPSA) is 104 Å². The fourth-order valence-electron chi connectivity index (χ4n) is 4.92. The van der Waals surface area contributed by atoms with Crippen LogP contribution in [0.4, 0.5) is 0 Å². The van der Waals surface area contributed by atoms with Gasteiger partial charge in [-0.15, -0.1) is 0 Å². The third-order valence-corrected chi connectivity index (χ3v) is 8.09. The van der Waals surface area contributed by atoms with E-state index in [2.05, 4.69) is 19.2 Å². The van der Waals surface area contributed by atoms with Crippen LogP contribution in [-0.4, -0.2) is 41.9 Å². The first-order valence-electron chi connectivity index (χ1n) is 15.7. The Morgan fingerprint density at radius 1 is 0.622 bits per heavy atom. The Morgan fingerprint density at radius 3 is 1.35 bits per heavy atom. The number of amides is 1. The lowest BCUT2D eigenvalue weighted by Gasteiger charge is -2.23. The van der Waals surface area contributed by atoms with Crippen molar-refractivity contribution in [3.05, 3.63) is 0 Å². The molecule has 0 bridgehead atoms. The molecule has 6 nitrogen and oxygen atoms in total. The monoisotopic (exact) mass is 547 g/mol. The molecule has 0 aromatic rings. The molecule has 3 N–H and O–H groups in total. The normalized spacial score (nSPS) is 13.5. The van der Waals surface area contributed by atoms with Gasteiger partial charge in [-0.3, -0.25) is 9.35 Å². The highest BCUT2D eigenvalue weighted by Gasteiger charge is 2.26. The van der Waals surface area contributed by atoms with Gasteiger partial charge in [-0.2, -0.15) is 8.42 Å². The van der Waals surface area contributed by atoms with Gasteiger partial charge in [0.25, 0.3) is 10.1 Å². The first-order chi connectivity index (χ1) is 17.8. The van der Waals surface area contributed by atoms with Gasteiger partial charge in [-0.25, -0.2) is 0 Å². The predicted molar refractivity (Wildman–Crippen MR) is 157 cm³/mol. The Morgan fingerprint density at radius 2 is 0.973 bits per heavy atom. The molecule has 2 atom stereocenters. The second-order valence-corrected chi connectivity index (χ2v) is 12.6. The van der Waals surface area contributed by atoms with Crippen LogP contribution in [0.5, 0.6) is 0 Å². The van der Waals surface area contributed by atoms with E-state index < -0.39 is 28.0 Å². The first kappa shape index (κ1) is 36.3. The number of aliphatic hydroxyl groups is 1. The highest BCUT2D eigenvalue weighted by Crippen LogP contribution is 2.15. The Hall–Kier alpha value is -0.660. The van der Waals surface area contributed by atoms with Crippen LogP contribution in [0.3, 0.4) is 0 Å². The molecule has 1 amide bonds. The minimum atomic E-state index is -4.29. The number of carbonyl (C=O) groups is 1. The van der Waals surface area contributed by atoms with E-state index in [9.17, 15) is 22.9 Å². The lowest BCUT2D eigenvalue weighted by Crippen LogP contribution is -2.47. The molecular weight excluding hydrogens is 486 g/mol. The minimum Gasteiger partial charge on any atom is -0.391 e. The third kappa shape index (κ3) is 26.7. The molecule has 0 heterocycles. The van der Waals surface area contributed by atoms with Crippen LogP contribution < -0.4 is 5.32 Å². The zero-order valence-corrected chi connectivity index (χ0v) is 25.2. The second-order valence-electron chi connectivity index (χ2n) is 11.1. The summed E-state index contributed by atoms with van der Waals surface area (Å²) in [6, 6.07) is -0.959. The Bertz CT molecular complexity index is 611. The number of carbonyl (C=O) groups excluding carboxylic acids is 1. The van der Waals surface area contributed by atoms with Gasteiger partial charge < -0.3 is 10.4 Å². The summed E-state index contributed by atoms with van der Waals surface area (Å²) in [7, 11) is -4.29. The smallest absolute Gasteiger partial charge is 0.266 e. The number of nitrogens with one attached hydrogen (secondary N) is 1. The maximum atomic E-state index is 12.4. The van der Waals surface area contributed by atoms with Crippen molar-refractivity contribution >= 4 is 16.0 Å². The molecule has 7 heteroatoms. The van der Waals surface area contributed by atoms with E-state index in [4.69, 9.17) is 0 Å². The molecule has 0 saturated heterocycles. The number of unbranched alkanes of at least 4 members (excludes halogenated alkanes) is 20. The zero-order chi connectivity index (χ0) is 27.6. The molecule has 0 aromatic carbocycles. The molecule has 222 valence electrons. The van der Waals surface area contributed by atoms with E-state index in [1.807, 2.05) is 0 Å². The SMILES string of the molecule is CCCCCCCCCCCCCCCCCC(=O)NC(CS(=O)(=O)O)C(O)CCCCCCCCC. The average molecular weight is 548 g/mol. The standard InChI is InChI=1S/C30H61NO5S/c1-3-5-7-9-11-12-13-14-15-16-17-18-20-22-24-26-30(33)31-28(27-37(34,35)36)29(32)25-23-21-19-10-8-6-4-2/h28-29,32H,3-27H2,1-2H3,(H,31,33)(H,34,35,36). The van der Waals surface area contributed by atoms with Crippen molar-refractivity contribution in [3.8, 4) is 0 Å². The molecule has 0 aliphatic heterocycles. The molecule has 37 heavy (non-hydrogen) atoms. The van der Waals surface area contributed by atoms with Crippen LogP contribution in [0.15, 0.2) is 0 Å². The summed E-state index contributed by atoms with van der Waals surface area (Å²) in [5.41, 5.74) is 0. The lowest BCUT2D eigenvalue weighted by molar-refractivity contribution is -0.122. The Labute approximate surface area is 229 Å². The molecule has 0 aromatic heterocycles. The number of hydrogen-bond acceptors (Lipinski definition) is 4. The Balaban J connectivity index is 3.89. The van der Waals surface area contributed by atoms with Crippen LogP contribution in [0, 0.1) is 0 Å².